The maximum atomic E-state index is 4.82. The molecular formula is C32H24N4Si. The Morgan fingerprint density at radius 1 is 0.595 bits per heavy atom. The number of aromatic nitrogens is 4. The van der Waals surface area contributed by atoms with Gasteiger partial charge in [0, 0.05) is 45.9 Å². The number of imidazole rings is 1. The number of rotatable bonds is 5. The maximum Gasteiger partial charge on any atom is 0.155 e. The van der Waals surface area contributed by atoms with Crippen LogP contribution >= 0.6 is 0 Å². The second-order valence-corrected chi connectivity index (χ2v) is 12.0. The first-order valence-electron chi connectivity index (χ1n) is 12.5. The maximum absolute atomic E-state index is 4.82. The molecule has 3 heterocycles. The lowest BCUT2D eigenvalue weighted by Gasteiger charge is -2.17. The van der Waals surface area contributed by atoms with Crippen LogP contribution in [0, 0.1) is 0 Å². The van der Waals surface area contributed by atoms with Crippen molar-refractivity contribution in [3.8, 4) is 17.1 Å². The SMILES string of the molecule is c1ccc([SiH](c2ccc3c4ccccc4n(-c4cccc(-c5ncc[nH]5)c4)c3c2)c2ccccn2)cc1. The highest BCUT2D eigenvalue weighted by Crippen LogP contribution is 2.32. The Labute approximate surface area is 216 Å². The van der Waals surface area contributed by atoms with Crippen molar-refractivity contribution in [2.24, 2.45) is 0 Å². The molecule has 0 fully saturated rings. The Bertz CT molecular complexity index is 1780. The van der Waals surface area contributed by atoms with Gasteiger partial charge in [-0.2, -0.15) is 0 Å². The third kappa shape index (κ3) is 3.77. The summed E-state index contributed by atoms with van der Waals surface area (Å²) in [6.45, 7) is 0. The number of benzene rings is 4. The van der Waals surface area contributed by atoms with Crippen molar-refractivity contribution >= 4 is 46.3 Å². The third-order valence-corrected chi connectivity index (χ3v) is 10.0. The van der Waals surface area contributed by atoms with E-state index >= 15 is 0 Å². The number of aromatic amines is 1. The van der Waals surface area contributed by atoms with Gasteiger partial charge in [-0.25, -0.2) is 4.98 Å². The molecule has 7 aromatic rings. The summed E-state index contributed by atoms with van der Waals surface area (Å²) < 4.78 is 2.38. The molecule has 3 aromatic heterocycles. The zero-order valence-electron chi connectivity index (χ0n) is 20.1. The van der Waals surface area contributed by atoms with Gasteiger partial charge in [0.1, 0.15) is 5.82 Å². The van der Waals surface area contributed by atoms with E-state index in [9.17, 15) is 0 Å². The number of hydrogen-bond donors (Lipinski definition) is 1. The van der Waals surface area contributed by atoms with Crippen LogP contribution in [0.25, 0.3) is 38.9 Å². The van der Waals surface area contributed by atoms with Crippen LogP contribution in [-0.2, 0) is 0 Å². The van der Waals surface area contributed by atoms with Crippen molar-refractivity contribution in [1.82, 2.24) is 19.5 Å². The van der Waals surface area contributed by atoms with E-state index in [1.807, 2.05) is 18.5 Å². The minimum absolute atomic E-state index is 0.870. The van der Waals surface area contributed by atoms with Crippen LogP contribution in [0.3, 0.4) is 0 Å². The summed E-state index contributed by atoms with van der Waals surface area (Å²) in [5.74, 6) is 0.870. The van der Waals surface area contributed by atoms with E-state index in [4.69, 9.17) is 4.98 Å². The normalized spacial score (nSPS) is 12.2. The fraction of sp³-hybridized carbons (Fsp3) is 0. The summed E-state index contributed by atoms with van der Waals surface area (Å²) in [6.07, 6.45) is 5.56. The molecule has 0 saturated carbocycles. The molecule has 0 aliphatic heterocycles. The molecule has 1 N–H and O–H groups in total. The number of hydrogen-bond acceptors (Lipinski definition) is 2. The average molecular weight is 493 g/mol. The van der Waals surface area contributed by atoms with E-state index in [0.717, 1.165) is 17.1 Å². The molecule has 0 aliphatic rings. The van der Waals surface area contributed by atoms with Crippen LogP contribution in [0.4, 0.5) is 0 Å². The van der Waals surface area contributed by atoms with Gasteiger partial charge >= 0.3 is 0 Å². The van der Waals surface area contributed by atoms with Crippen molar-refractivity contribution in [1.29, 1.82) is 0 Å². The van der Waals surface area contributed by atoms with Gasteiger partial charge in [0.2, 0.25) is 0 Å². The van der Waals surface area contributed by atoms with Crippen LogP contribution in [0.1, 0.15) is 0 Å². The van der Waals surface area contributed by atoms with Gasteiger partial charge < -0.3 is 9.55 Å². The van der Waals surface area contributed by atoms with Crippen molar-refractivity contribution in [3.05, 3.63) is 134 Å². The van der Waals surface area contributed by atoms with Crippen LogP contribution in [-0.4, -0.2) is 28.3 Å². The van der Waals surface area contributed by atoms with Crippen molar-refractivity contribution in [2.75, 3.05) is 0 Å². The lowest BCUT2D eigenvalue weighted by molar-refractivity contribution is 1.18. The van der Waals surface area contributed by atoms with Crippen LogP contribution in [0.2, 0.25) is 0 Å². The standard InChI is InChI=1S/C32H24N4Si/c1-2-11-25(12-3-1)37(31-15-6-7-18-33-31)26-16-17-28-27-13-4-5-14-29(27)36(30(28)22-26)24-10-8-9-23(21-24)32-34-19-20-35-32/h1-22,37H,(H,34,35). The van der Waals surface area contributed by atoms with Gasteiger partial charge in [-0.3, -0.25) is 4.98 Å². The summed E-state index contributed by atoms with van der Waals surface area (Å²) >= 11 is 0. The Kier molecular flexibility index (Phi) is 5.26. The fourth-order valence-electron chi connectivity index (χ4n) is 5.39. The third-order valence-electron chi connectivity index (χ3n) is 7.02. The molecular weight excluding hydrogens is 468 g/mol. The second-order valence-electron chi connectivity index (χ2n) is 9.22. The average Bonchev–Trinajstić information content (AvgIpc) is 3.61. The first-order valence-corrected chi connectivity index (χ1v) is 14.2. The highest BCUT2D eigenvalue weighted by molar-refractivity contribution is 6.95. The quantitative estimate of drug-likeness (QED) is 0.350. The molecule has 0 amide bonds. The number of pyridine rings is 1. The van der Waals surface area contributed by atoms with Gasteiger partial charge in [-0.05, 0) is 41.6 Å². The summed E-state index contributed by atoms with van der Waals surface area (Å²) in [7, 11) is -1.77. The topological polar surface area (TPSA) is 46.5 Å². The van der Waals surface area contributed by atoms with Crippen LogP contribution < -0.4 is 15.7 Å². The summed E-state index contributed by atoms with van der Waals surface area (Å²) in [4.78, 5) is 12.5. The first-order chi connectivity index (χ1) is 18.4. The van der Waals surface area contributed by atoms with E-state index < -0.39 is 8.80 Å². The van der Waals surface area contributed by atoms with Gasteiger partial charge in [0.15, 0.2) is 8.80 Å². The minimum Gasteiger partial charge on any atom is -0.345 e. The largest absolute Gasteiger partial charge is 0.345 e. The van der Waals surface area contributed by atoms with E-state index in [-0.39, 0.29) is 0 Å². The molecule has 4 aromatic carbocycles. The molecule has 7 rings (SSSR count). The minimum atomic E-state index is -1.77. The van der Waals surface area contributed by atoms with Crippen LogP contribution in [0.15, 0.2) is 134 Å². The van der Waals surface area contributed by atoms with Gasteiger partial charge in [0.05, 0.1) is 11.0 Å². The fourth-order valence-corrected chi connectivity index (χ4v) is 8.21. The number of H-pyrrole nitrogens is 1. The molecule has 4 nitrogen and oxygen atoms in total. The zero-order chi connectivity index (χ0) is 24.6. The van der Waals surface area contributed by atoms with Gasteiger partial charge in [-0.15, -0.1) is 0 Å². The Hall–Kier alpha value is -4.74. The highest BCUT2D eigenvalue weighted by Gasteiger charge is 2.22. The summed E-state index contributed by atoms with van der Waals surface area (Å²) in [5.41, 5.74) is 4.59. The monoisotopic (exact) mass is 492 g/mol. The molecule has 0 bridgehead atoms. The number of nitrogens with one attached hydrogen (secondary N) is 1. The molecule has 1 unspecified atom stereocenters. The van der Waals surface area contributed by atoms with E-state index in [1.54, 1.807) is 6.20 Å². The molecule has 0 saturated heterocycles. The predicted octanol–water partition coefficient (Wildman–Crippen LogP) is 4.82. The van der Waals surface area contributed by atoms with E-state index in [2.05, 4.69) is 124 Å². The smallest absolute Gasteiger partial charge is 0.155 e. The van der Waals surface area contributed by atoms with Crippen molar-refractivity contribution < 1.29 is 0 Å². The number of fused-ring (bicyclic) bond motifs is 3. The predicted molar refractivity (Wildman–Crippen MR) is 155 cm³/mol. The van der Waals surface area contributed by atoms with E-state index in [1.165, 1.54) is 37.5 Å². The molecule has 1 atom stereocenters. The zero-order valence-corrected chi connectivity index (χ0v) is 21.3. The van der Waals surface area contributed by atoms with E-state index in [0.29, 0.717) is 0 Å². The summed E-state index contributed by atoms with van der Waals surface area (Å²) in [5, 5.41) is 6.40. The molecule has 0 spiro atoms. The molecule has 5 heteroatoms. The van der Waals surface area contributed by atoms with Crippen LogP contribution in [0.5, 0.6) is 0 Å². The molecule has 176 valence electrons. The van der Waals surface area contributed by atoms with Crippen molar-refractivity contribution in [3.63, 3.8) is 0 Å². The van der Waals surface area contributed by atoms with Gasteiger partial charge in [0.25, 0.3) is 0 Å². The Morgan fingerprint density at radius 2 is 1.43 bits per heavy atom. The highest BCUT2D eigenvalue weighted by atomic mass is 28.3. The lowest BCUT2D eigenvalue weighted by Crippen LogP contribution is -2.53. The van der Waals surface area contributed by atoms with Gasteiger partial charge in [-0.1, -0.05) is 84.0 Å². The molecule has 0 aliphatic carbocycles. The van der Waals surface area contributed by atoms with Crippen molar-refractivity contribution in [2.45, 2.75) is 0 Å². The Morgan fingerprint density at radius 3 is 2.27 bits per heavy atom. The number of para-hydroxylation sites is 1. The number of nitrogens with zero attached hydrogens (tertiary/aromatic N) is 3. The molecule has 37 heavy (non-hydrogen) atoms. The molecule has 0 radical (unpaired) electrons. The lowest BCUT2D eigenvalue weighted by atomic mass is 10.1. The first kappa shape index (κ1) is 21.5. The Balaban J connectivity index is 1.48. The summed E-state index contributed by atoms with van der Waals surface area (Å²) in [6, 6.07) is 41.4. The second kappa shape index (κ2) is 9.04.